The van der Waals surface area contributed by atoms with E-state index in [0.717, 1.165) is 47.2 Å². The number of aryl methyl sites for hydroxylation is 2. The molecule has 4 rings (SSSR count). The summed E-state index contributed by atoms with van der Waals surface area (Å²) in [5.74, 6) is 2.63. The first kappa shape index (κ1) is 23.8. The fourth-order valence-corrected chi connectivity index (χ4v) is 4.16. The lowest BCUT2D eigenvalue weighted by Crippen LogP contribution is -2.04. The average molecular weight is 485 g/mol. The summed E-state index contributed by atoms with van der Waals surface area (Å²) in [5.41, 5.74) is 3.50. The van der Waals surface area contributed by atoms with Crippen molar-refractivity contribution in [3.8, 4) is 17.0 Å². The van der Waals surface area contributed by atoms with E-state index >= 15 is 0 Å². The Morgan fingerprint density at radius 3 is 2.38 bits per heavy atom. The Morgan fingerprint density at radius 1 is 0.971 bits per heavy atom. The van der Waals surface area contributed by atoms with Crippen molar-refractivity contribution in [3.05, 3.63) is 95.4 Å². The monoisotopic (exact) mass is 484 g/mol. The molecule has 9 heteroatoms. The van der Waals surface area contributed by atoms with Crippen molar-refractivity contribution in [2.45, 2.75) is 32.0 Å². The fraction of sp³-hybridized carbons (Fsp3) is 0.240. The lowest BCUT2D eigenvalue weighted by molar-refractivity contribution is -0.137. The van der Waals surface area contributed by atoms with Gasteiger partial charge in [-0.1, -0.05) is 35.5 Å². The van der Waals surface area contributed by atoms with Gasteiger partial charge in [0.15, 0.2) is 0 Å². The molecule has 0 radical (unpaired) electrons. The highest BCUT2D eigenvalue weighted by Gasteiger charge is 2.30. The van der Waals surface area contributed by atoms with E-state index in [9.17, 15) is 13.2 Å². The maximum absolute atomic E-state index is 12.8. The van der Waals surface area contributed by atoms with Crippen LogP contribution in [-0.2, 0) is 25.1 Å². The number of hydrogen-bond donors (Lipinski definition) is 0. The number of alkyl halides is 3. The third kappa shape index (κ3) is 6.38. The van der Waals surface area contributed by atoms with Crippen LogP contribution in [0, 0.1) is 6.92 Å². The molecular weight excluding hydrogens is 461 g/mol. The van der Waals surface area contributed by atoms with Crippen LogP contribution in [0.25, 0.3) is 11.3 Å². The number of nitrogens with zero attached hydrogens (tertiary/aromatic N) is 4. The Hall–Kier alpha value is -3.33. The molecule has 2 heterocycles. The second-order valence-electron chi connectivity index (χ2n) is 7.67. The van der Waals surface area contributed by atoms with Gasteiger partial charge in [-0.2, -0.15) is 24.9 Å². The topological polar surface area (TPSA) is 52.8 Å². The molecule has 2 aromatic heterocycles. The summed E-state index contributed by atoms with van der Waals surface area (Å²) in [6.07, 6.45) is -0.820. The normalized spacial score (nSPS) is 11.5. The Balaban J connectivity index is 1.28. The van der Waals surface area contributed by atoms with E-state index in [0.29, 0.717) is 17.9 Å². The highest BCUT2D eigenvalue weighted by molar-refractivity contribution is 7.98. The molecule has 5 nitrogen and oxygen atoms in total. The third-order valence-corrected chi connectivity index (χ3v) is 6.24. The first-order chi connectivity index (χ1) is 16.4. The molecule has 0 aliphatic carbocycles. The van der Waals surface area contributed by atoms with Crippen LogP contribution in [0.5, 0.6) is 5.75 Å². The van der Waals surface area contributed by atoms with E-state index in [4.69, 9.17) is 4.74 Å². The van der Waals surface area contributed by atoms with Crippen molar-refractivity contribution in [2.75, 3.05) is 5.75 Å². The molecule has 4 aromatic rings. The fourth-order valence-electron chi connectivity index (χ4n) is 3.28. The summed E-state index contributed by atoms with van der Waals surface area (Å²) in [6.45, 7) is 3.06. The smallest absolute Gasteiger partial charge is 0.416 e. The molecule has 0 unspecified atom stereocenters. The second kappa shape index (κ2) is 10.7. The Kier molecular flexibility index (Phi) is 7.52. The maximum atomic E-state index is 12.8. The summed E-state index contributed by atoms with van der Waals surface area (Å²) in [6, 6.07) is 16.7. The van der Waals surface area contributed by atoms with Gasteiger partial charge in [0.1, 0.15) is 12.4 Å². The largest absolute Gasteiger partial charge is 0.489 e. The summed E-state index contributed by atoms with van der Waals surface area (Å²) in [7, 11) is 0. The summed E-state index contributed by atoms with van der Waals surface area (Å²) >= 11 is 1.83. The van der Waals surface area contributed by atoms with Crippen LogP contribution in [-0.4, -0.2) is 25.7 Å². The zero-order valence-corrected chi connectivity index (χ0v) is 19.3. The van der Waals surface area contributed by atoms with Crippen molar-refractivity contribution in [3.63, 3.8) is 0 Å². The van der Waals surface area contributed by atoms with Gasteiger partial charge in [0.05, 0.1) is 24.0 Å². The van der Waals surface area contributed by atoms with Gasteiger partial charge in [-0.3, -0.25) is 9.67 Å². The van der Waals surface area contributed by atoms with E-state index in [-0.39, 0.29) is 0 Å². The molecule has 0 atom stereocenters. The van der Waals surface area contributed by atoms with Crippen LogP contribution in [0.1, 0.15) is 22.4 Å². The van der Waals surface area contributed by atoms with Crippen LogP contribution in [0.15, 0.2) is 73.1 Å². The van der Waals surface area contributed by atoms with Crippen LogP contribution in [0.3, 0.4) is 0 Å². The van der Waals surface area contributed by atoms with Gasteiger partial charge < -0.3 is 4.74 Å². The molecule has 0 spiro atoms. The predicted octanol–water partition coefficient (Wildman–Crippen LogP) is 6.18. The minimum Gasteiger partial charge on any atom is -0.489 e. The quantitative estimate of drug-likeness (QED) is 0.266. The molecule has 0 fully saturated rings. The highest BCUT2D eigenvalue weighted by Crippen LogP contribution is 2.31. The van der Waals surface area contributed by atoms with E-state index in [2.05, 4.69) is 27.4 Å². The molecule has 0 aliphatic rings. The molecule has 0 N–H and O–H groups in total. The molecule has 0 aliphatic heterocycles. The van der Waals surface area contributed by atoms with Crippen LogP contribution >= 0.6 is 11.8 Å². The Bertz CT molecular complexity index is 1190. The molecule has 34 heavy (non-hydrogen) atoms. The summed E-state index contributed by atoms with van der Waals surface area (Å²) in [4.78, 5) is 4.55. The van der Waals surface area contributed by atoms with E-state index < -0.39 is 11.7 Å². The molecule has 0 saturated carbocycles. The minimum atomic E-state index is -4.35. The zero-order valence-electron chi connectivity index (χ0n) is 18.5. The number of rotatable bonds is 9. The maximum Gasteiger partial charge on any atom is 0.416 e. The van der Waals surface area contributed by atoms with Gasteiger partial charge in [0, 0.05) is 34.5 Å². The first-order valence-corrected chi connectivity index (χ1v) is 11.8. The van der Waals surface area contributed by atoms with Crippen molar-refractivity contribution in [1.29, 1.82) is 0 Å². The summed E-state index contributed by atoms with van der Waals surface area (Å²) < 4.78 is 46.0. The third-order valence-electron chi connectivity index (χ3n) is 5.23. The first-order valence-electron chi connectivity index (χ1n) is 10.7. The summed E-state index contributed by atoms with van der Waals surface area (Å²) in [5, 5.41) is 7.74. The average Bonchev–Trinajstić information content (AvgIpc) is 3.35. The SMILES string of the molecule is Cc1nc(-c2ccc(C(F)(F)F)cc2)ccc1COc1ccc(CSCCn2ccnn2)cc1. The van der Waals surface area contributed by atoms with Gasteiger partial charge in [-0.25, -0.2) is 0 Å². The standard InChI is InChI=1S/C25H23F3N4OS/c1-18-21(6-11-24(30-18)20-4-7-22(8-5-20)25(26,27)28)16-33-23-9-2-19(3-10-23)17-34-15-14-32-13-12-29-31-32/h2-13H,14-17H2,1H3. The van der Waals surface area contributed by atoms with Gasteiger partial charge in [0.2, 0.25) is 0 Å². The molecular formula is C25H23F3N4OS. The van der Waals surface area contributed by atoms with Crippen molar-refractivity contribution in [1.82, 2.24) is 20.0 Å². The van der Waals surface area contributed by atoms with Gasteiger partial charge in [-0.15, -0.1) is 5.10 Å². The molecule has 0 bridgehead atoms. The van der Waals surface area contributed by atoms with Gasteiger partial charge >= 0.3 is 6.18 Å². The van der Waals surface area contributed by atoms with Crippen LogP contribution < -0.4 is 4.74 Å². The molecule has 2 aromatic carbocycles. The van der Waals surface area contributed by atoms with E-state index in [1.54, 1.807) is 12.3 Å². The van der Waals surface area contributed by atoms with Crippen LogP contribution in [0.2, 0.25) is 0 Å². The Morgan fingerprint density at radius 2 is 1.74 bits per heavy atom. The number of pyridine rings is 1. The highest BCUT2D eigenvalue weighted by atomic mass is 32.2. The second-order valence-corrected chi connectivity index (χ2v) is 8.77. The number of halogens is 3. The number of benzene rings is 2. The van der Waals surface area contributed by atoms with E-state index in [1.165, 1.54) is 17.7 Å². The Labute approximate surface area is 200 Å². The zero-order chi connectivity index (χ0) is 24.0. The molecule has 0 saturated heterocycles. The van der Waals surface area contributed by atoms with Crippen molar-refractivity contribution >= 4 is 11.8 Å². The van der Waals surface area contributed by atoms with E-state index in [1.807, 2.05) is 47.8 Å². The molecule has 0 amide bonds. The van der Waals surface area contributed by atoms with Gasteiger partial charge in [-0.05, 0) is 42.8 Å². The predicted molar refractivity (Wildman–Crippen MR) is 126 cm³/mol. The number of ether oxygens (including phenoxy) is 1. The number of hydrogen-bond acceptors (Lipinski definition) is 5. The number of aromatic nitrogens is 4. The van der Waals surface area contributed by atoms with Gasteiger partial charge in [0.25, 0.3) is 0 Å². The van der Waals surface area contributed by atoms with Crippen LogP contribution in [0.4, 0.5) is 13.2 Å². The number of thioether (sulfide) groups is 1. The lowest BCUT2D eigenvalue weighted by atomic mass is 10.1. The van der Waals surface area contributed by atoms with Crippen molar-refractivity contribution in [2.24, 2.45) is 0 Å². The molecule has 176 valence electrons. The lowest BCUT2D eigenvalue weighted by Gasteiger charge is -2.11. The minimum absolute atomic E-state index is 0.359. The van der Waals surface area contributed by atoms with Crippen molar-refractivity contribution < 1.29 is 17.9 Å².